The van der Waals surface area contributed by atoms with Crippen LogP contribution in [0.5, 0.6) is 0 Å². The molecule has 1 aliphatic rings. The molecule has 0 saturated carbocycles. The number of hydrogen-bond acceptors (Lipinski definition) is 4. The lowest BCUT2D eigenvalue weighted by molar-refractivity contribution is -0.137. The third kappa shape index (κ3) is 4.24. The van der Waals surface area contributed by atoms with Crippen molar-refractivity contribution in [2.45, 2.75) is 25.7 Å². The highest BCUT2D eigenvalue weighted by Gasteiger charge is 2.30. The number of halogens is 5. The first-order chi connectivity index (χ1) is 15.2. The average Bonchev–Trinajstić information content (AvgIpc) is 2.75. The Labute approximate surface area is 178 Å². The highest BCUT2D eigenvalue weighted by molar-refractivity contribution is 5.56. The average molecular weight is 446 g/mol. The third-order valence-electron chi connectivity index (χ3n) is 5.29. The van der Waals surface area contributed by atoms with Crippen LogP contribution in [0, 0.1) is 23.0 Å². The van der Waals surface area contributed by atoms with Crippen molar-refractivity contribution in [3.05, 3.63) is 86.3 Å². The molecule has 0 atom stereocenters. The Kier molecular flexibility index (Phi) is 5.52. The van der Waals surface area contributed by atoms with Gasteiger partial charge in [-0.2, -0.15) is 18.4 Å². The molecule has 1 aliphatic heterocycles. The summed E-state index contributed by atoms with van der Waals surface area (Å²) < 4.78 is 66.8. The minimum absolute atomic E-state index is 0.0904. The van der Waals surface area contributed by atoms with Gasteiger partial charge in [0.1, 0.15) is 17.5 Å². The number of benzene rings is 2. The topological polar surface area (TPSA) is 72.8 Å². The number of aromatic nitrogens is 2. The zero-order valence-corrected chi connectivity index (χ0v) is 16.4. The minimum atomic E-state index is -4.48. The molecule has 0 aliphatic carbocycles. The molecule has 0 radical (unpaired) electrons. The lowest BCUT2D eigenvalue weighted by atomic mass is 10.0. The zero-order valence-electron chi connectivity index (χ0n) is 16.4. The second kappa shape index (κ2) is 8.16. The molecule has 0 amide bonds. The van der Waals surface area contributed by atoms with E-state index < -0.39 is 28.9 Å². The van der Waals surface area contributed by atoms with Crippen LogP contribution in [0.2, 0.25) is 0 Å². The predicted octanol–water partition coefficient (Wildman–Crippen LogP) is 4.16. The summed E-state index contributed by atoms with van der Waals surface area (Å²) in [5.74, 6) is -1.56. The third-order valence-corrected chi connectivity index (χ3v) is 5.29. The quantitative estimate of drug-likeness (QED) is 0.614. The zero-order chi connectivity index (χ0) is 23.0. The Morgan fingerprint density at radius 2 is 1.78 bits per heavy atom. The summed E-state index contributed by atoms with van der Waals surface area (Å²) in [4.78, 5) is 21.2. The highest BCUT2D eigenvalue weighted by atomic mass is 19.4. The fourth-order valence-electron chi connectivity index (χ4n) is 3.62. The number of nitriles is 1. The van der Waals surface area contributed by atoms with Crippen molar-refractivity contribution >= 4 is 0 Å². The predicted molar refractivity (Wildman–Crippen MR) is 104 cm³/mol. The van der Waals surface area contributed by atoms with Gasteiger partial charge in [0.25, 0.3) is 5.56 Å². The van der Waals surface area contributed by atoms with Gasteiger partial charge in [-0.15, -0.1) is 0 Å². The van der Waals surface area contributed by atoms with Crippen molar-refractivity contribution in [3.63, 3.8) is 0 Å². The van der Waals surface area contributed by atoms with Crippen LogP contribution in [0.4, 0.5) is 22.0 Å². The molecule has 1 aromatic heterocycles. The van der Waals surface area contributed by atoms with E-state index in [-0.39, 0.29) is 30.0 Å². The van der Waals surface area contributed by atoms with Gasteiger partial charge >= 0.3 is 6.18 Å². The molecule has 0 spiro atoms. The Hall–Kier alpha value is -3.58. The fourth-order valence-corrected chi connectivity index (χ4v) is 3.62. The number of alkyl halides is 3. The van der Waals surface area contributed by atoms with Crippen LogP contribution in [-0.4, -0.2) is 21.4 Å². The normalized spacial score (nSPS) is 14.1. The van der Waals surface area contributed by atoms with E-state index in [0.29, 0.717) is 29.8 Å². The number of hydrogen-bond donors (Lipinski definition) is 1. The van der Waals surface area contributed by atoms with Crippen molar-refractivity contribution in [1.82, 2.24) is 14.9 Å². The SMILES string of the molecule is N#Cc1cc(F)c(CN2CCc3c(nc(-c4ccc(C(F)(F)F)cc4)[nH]c3=O)C2)c(F)c1. The summed E-state index contributed by atoms with van der Waals surface area (Å²) in [6.07, 6.45) is -4.18. The molecule has 0 saturated heterocycles. The van der Waals surface area contributed by atoms with Crippen molar-refractivity contribution in [3.8, 4) is 17.5 Å². The summed E-state index contributed by atoms with van der Waals surface area (Å²) in [5.41, 5.74) is -0.414. The molecule has 2 aromatic carbocycles. The van der Waals surface area contributed by atoms with Gasteiger partial charge in [0.15, 0.2) is 0 Å². The van der Waals surface area contributed by atoms with E-state index in [1.54, 1.807) is 11.0 Å². The molecule has 1 N–H and O–H groups in total. The van der Waals surface area contributed by atoms with Crippen molar-refractivity contribution in [2.75, 3.05) is 6.54 Å². The maximum absolute atomic E-state index is 14.2. The molecule has 0 bridgehead atoms. The number of H-pyrrole nitrogens is 1. The minimum Gasteiger partial charge on any atom is -0.306 e. The van der Waals surface area contributed by atoms with E-state index in [4.69, 9.17) is 5.26 Å². The van der Waals surface area contributed by atoms with Crippen LogP contribution >= 0.6 is 0 Å². The Morgan fingerprint density at radius 1 is 1.12 bits per heavy atom. The van der Waals surface area contributed by atoms with Crippen molar-refractivity contribution < 1.29 is 22.0 Å². The summed E-state index contributed by atoms with van der Waals surface area (Å²) in [6, 6.07) is 7.84. The number of nitrogens with zero attached hydrogens (tertiary/aromatic N) is 3. The van der Waals surface area contributed by atoms with E-state index in [1.165, 1.54) is 12.1 Å². The first kappa shape index (κ1) is 21.6. The van der Waals surface area contributed by atoms with Gasteiger partial charge in [0.05, 0.1) is 22.9 Å². The molecule has 4 rings (SSSR count). The van der Waals surface area contributed by atoms with Gasteiger partial charge in [-0.3, -0.25) is 9.69 Å². The van der Waals surface area contributed by atoms with Crippen LogP contribution in [0.3, 0.4) is 0 Å². The monoisotopic (exact) mass is 446 g/mol. The number of fused-ring (bicyclic) bond motifs is 1. The molecule has 2 heterocycles. The standard InChI is InChI=1S/C22H15F5N4O/c23-17-7-12(9-28)8-18(24)16(17)10-31-6-5-15-19(11-31)29-20(30-21(15)32)13-1-3-14(4-2-13)22(25,26)27/h1-4,7-8H,5-6,10-11H2,(H,29,30,32). The Morgan fingerprint density at radius 3 is 2.38 bits per heavy atom. The van der Waals surface area contributed by atoms with E-state index in [0.717, 1.165) is 24.3 Å². The van der Waals surface area contributed by atoms with Gasteiger partial charge in [-0.25, -0.2) is 13.8 Å². The highest BCUT2D eigenvalue weighted by Crippen LogP contribution is 2.30. The lowest BCUT2D eigenvalue weighted by Gasteiger charge is -2.28. The Balaban J connectivity index is 1.61. The first-order valence-corrected chi connectivity index (χ1v) is 9.56. The maximum atomic E-state index is 14.2. The number of nitrogens with one attached hydrogen (secondary N) is 1. The second-order valence-corrected chi connectivity index (χ2v) is 7.41. The van der Waals surface area contributed by atoms with Gasteiger partial charge in [0.2, 0.25) is 0 Å². The first-order valence-electron chi connectivity index (χ1n) is 9.56. The molecule has 0 fully saturated rings. The van der Waals surface area contributed by atoms with Crippen molar-refractivity contribution in [2.24, 2.45) is 0 Å². The van der Waals surface area contributed by atoms with Crippen LogP contribution in [0.15, 0.2) is 41.2 Å². The summed E-state index contributed by atoms with van der Waals surface area (Å²) in [5, 5.41) is 8.82. The van der Waals surface area contributed by atoms with Gasteiger partial charge in [-0.1, -0.05) is 12.1 Å². The molecule has 10 heteroatoms. The van der Waals surface area contributed by atoms with Crippen LogP contribution < -0.4 is 5.56 Å². The maximum Gasteiger partial charge on any atom is 0.416 e. The smallest absolute Gasteiger partial charge is 0.306 e. The van der Waals surface area contributed by atoms with Crippen LogP contribution in [0.1, 0.15) is 27.9 Å². The van der Waals surface area contributed by atoms with Gasteiger partial charge in [0, 0.05) is 36.3 Å². The second-order valence-electron chi connectivity index (χ2n) is 7.41. The molecule has 3 aromatic rings. The van der Waals surface area contributed by atoms with E-state index in [1.807, 2.05) is 0 Å². The van der Waals surface area contributed by atoms with E-state index >= 15 is 0 Å². The van der Waals surface area contributed by atoms with Crippen LogP contribution in [-0.2, 0) is 25.7 Å². The fraction of sp³-hybridized carbons (Fsp3) is 0.227. The molecular formula is C22H15F5N4O. The summed E-state index contributed by atoms with van der Waals surface area (Å²) in [6.45, 7) is 0.398. The molecule has 164 valence electrons. The summed E-state index contributed by atoms with van der Waals surface area (Å²) in [7, 11) is 0. The van der Waals surface area contributed by atoms with E-state index in [2.05, 4.69) is 9.97 Å². The van der Waals surface area contributed by atoms with Crippen molar-refractivity contribution in [1.29, 1.82) is 5.26 Å². The van der Waals surface area contributed by atoms with E-state index in [9.17, 15) is 26.7 Å². The number of rotatable bonds is 3. The molecule has 5 nitrogen and oxygen atoms in total. The molecule has 0 unspecified atom stereocenters. The lowest BCUT2D eigenvalue weighted by Crippen LogP contribution is -2.35. The number of aromatic amines is 1. The largest absolute Gasteiger partial charge is 0.416 e. The summed E-state index contributed by atoms with van der Waals surface area (Å²) >= 11 is 0. The molecular weight excluding hydrogens is 431 g/mol. The molecule has 32 heavy (non-hydrogen) atoms. The van der Waals surface area contributed by atoms with Crippen LogP contribution in [0.25, 0.3) is 11.4 Å². The Bertz CT molecular complexity index is 1250. The van der Waals surface area contributed by atoms with Gasteiger partial charge in [-0.05, 0) is 30.7 Å². The van der Waals surface area contributed by atoms with Gasteiger partial charge < -0.3 is 4.98 Å².